The zero-order chi connectivity index (χ0) is 18.4. The molecule has 1 aliphatic heterocycles. The minimum Gasteiger partial charge on any atom is -0.376 e. The summed E-state index contributed by atoms with van der Waals surface area (Å²) in [4.78, 5) is 26.5. The Labute approximate surface area is 153 Å². The topological polar surface area (TPSA) is 94.2 Å². The second-order valence-corrected chi connectivity index (χ2v) is 6.93. The van der Waals surface area contributed by atoms with E-state index in [2.05, 4.69) is 34.0 Å². The van der Waals surface area contributed by atoms with Crippen LogP contribution >= 0.6 is 0 Å². The van der Waals surface area contributed by atoms with E-state index in [1.54, 1.807) is 17.2 Å². The molecule has 1 aliphatic rings. The van der Waals surface area contributed by atoms with E-state index in [1.807, 2.05) is 0 Å². The summed E-state index contributed by atoms with van der Waals surface area (Å²) in [5.74, 6) is 1.76. The Morgan fingerprint density at radius 3 is 3.12 bits per heavy atom. The molecule has 0 aromatic carbocycles. The van der Waals surface area contributed by atoms with Crippen LogP contribution in [-0.4, -0.2) is 56.7 Å². The van der Waals surface area contributed by atoms with E-state index in [9.17, 15) is 4.79 Å². The van der Waals surface area contributed by atoms with E-state index < -0.39 is 0 Å². The van der Waals surface area contributed by atoms with Crippen LogP contribution in [0.4, 0.5) is 0 Å². The molecule has 2 aromatic rings. The van der Waals surface area contributed by atoms with E-state index in [0.717, 1.165) is 25.8 Å². The fourth-order valence-electron chi connectivity index (χ4n) is 2.98. The lowest BCUT2D eigenvalue weighted by molar-refractivity contribution is 0.00231. The molecule has 1 unspecified atom stereocenters. The number of rotatable bonds is 7. The molecule has 8 nitrogen and oxygen atoms in total. The first kappa shape index (κ1) is 18.4. The number of aromatic nitrogens is 4. The van der Waals surface area contributed by atoms with Crippen LogP contribution in [0.1, 0.15) is 48.9 Å². The number of carbonyl (C=O) groups excluding carboxylic acids is 1. The lowest BCUT2D eigenvalue weighted by atomic mass is 10.1. The Morgan fingerprint density at radius 2 is 2.35 bits per heavy atom. The number of ether oxygens (including phenoxy) is 1. The van der Waals surface area contributed by atoms with Crippen molar-refractivity contribution in [2.45, 2.75) is 45.6 Å². The molecule has 140 valence electrons. The van der Waals surface area contributed by atoms with Crippen molar-refractivity contribution in [3.63, 3.8) is 0 Å². The minimum atomic E-state index is -0.0720. The van der Waals surface area contributed by atoms with Gasteiger partial charge >= 0.3 is 0 Å². The predicted octanol–water partition coefficient (Wildman–Crippen LogP) is 1.92. The highest BCUT2D eigenvalue weighted by Gasteiger charge is 2.25. The van der Waals surface area contributed by atoms with E-state index in [4.69, 9.17) is 9.26 Å². The summed E-state index contributed by atoms with van der Waals surface area (Å²) < 4.78 is 11.2. The number of hydrogen-bond acceptors (Lipinski definition) is 7. The van der Waals surface area contributed by atoms with E-state index >= 15 is 0 Å². The van der Waals surface area contributed by atoms with Gasteiger partial charge in [-0.25, -0.2) is 9.97 Å². The second-order valence-electron chi connectivity index (χ2n) is 6.93. The molecule has 0 N–H and O–H groups in total. The van der Waals surface area contributed by atoms with Crippen LogP contribution in [0.15, 0.2) is 23.1 Å². The maximum Gasteiger partial charge on any atom is 0.272 e. The third-order valence-electron chi connectivity index (χ3n) is 4.24. The van der Waals surface area contributed by atoms with E-state index in [1.165, 1.54) is 6.33 Å². The number of carbonyl (C=O) groups is 1. The summed E-state index contributed by atoms with van der Waals surface area (Å²) in [5, 5.41) is 3.99. The molecule has 1 amide bonds. The van der Waals surface area contributed by atoms with Gasteiger partial charge in [0.15, 0.2) is 5.82 Å². The number of nitrogens with zero attached hydrogens (tertiary/aromatic N) is 5. The number of piperidine rings is 1. The summed E-state index contributed by atoms with van der Waals surface area (Å²) in [5.41, 5.74) is 0.421. The summed E-state index contributed by atoms with van der Waals surface area (Å²) >= 11 is 0. The normalized spacial score (nSPS) is 17.7. The Balaban J connectivity index is 1.45. The molecule has 1 fully saturated rings. The van der Waals surface area contributed by atoms with Gasteiger partial charge < -0.3 is 14.2 Å². The minimum absolute atomic E-state index is 0.0246. The highest BCUT2D eigenvalue weighted by Crippen LogP contribution is 2.16. The Hall–Kier alpha value is -2.35. The first-order chi connectivity index (χ1) is 12.6. The van der Waals surface area contributed by atoms with Gasteiger partial charge in [0.1, 0.15) is 12.0 Å². The molecule has 0 spiro atoms. The maximum absolute atomic E-state index is 12.5. The van der Waals surface area contributed by atoms with Gasteiger partial charge in [-0.05, 0) is 24.8 Å². The van der Waals surface area contributed by atoms with Gasteiger partial charge in [-0.1, -0.05) is 19.0 Å². The standard InChI is InChI=1S/C18H25N5O3/c1-13(2)10-17-21-16(22-26-17)6-9-25-14-4-3-8-23(11-14)18(24)15-5-7-19-12-20-15/h5,7,12-14H,3-4,6,8-11H2,1-2H3. The van der Waals surface area contributed by atoms with Crippen LogP contribution in [0.25, 0.3) is 0 Å². The SMILES string of the molecule is CC(C)Cc1nc(CCOC2CCCN(C(=O)c3ccncn3)C2)no1. The van der Waals surface area contributed by atoms with Crippen LogP contribution in [0.3, 0.4) is 0 Å². The lowest BCUT2D eigenvalue weighted by Crippen LogP contribution is -2.43. The summed E-state index contributed by atoms with van der Waals surface area (Å²) in [6, 6.07) is 1.64. The predicted molar refractivity (Wildman–Crippen MR) is 93.5 cm³/mol. The molecule has 0 aliphatic carbocycles. The second kappa shape index (κ2) is 8.84. The zero-order valence-electron chi connectivity index (χ0n) is 15.3. The molecule has 1 atom stereocenters. The lowest BCUT2D eigenvalue weighted by Gasteiger charge is -2.32. The van der Waals surface area contributed by atoms with Gasteiger partial charge in [0.2, 0.25) is 5.89 Å². The van der Waals surface area contributed by atoms with Gasteiger partial charge in [-0.15, -0.1) is 0 Å². The first-order valence-corrected chi connectivity index (χ1v) is 9.10. The van der Waals surface area contributed by atoms with Crippen molar-refractivity contribution >= 4 is 5.91 Å². The molecular formula is C18H25N5O3. The monoisotopic (exact) mass is 359 g/mol. The quantitative estimate of drug-likeness (QED) is 0.745. The van der Waals surface area contributed by atoms with E-state index in [-0.39, 0.29) is 12.0 Å². The molecule has 0 bridgehead atoms. The maximum atomic E-state index is 12.5. The highest BCUT2D eigenvalue weighted by molar-refractivity contribution is 5.92. The molecule has 3 rings (SSSR count). The van der Waals surface area contributed by atoms with Crippen molar-refractivity contribution in [3.8, 4) is 0 Å². The van der Waals surface area contributed by atoms with Crippen LogP contribution < -0.4 is 0 Å². The molecule has 2 aromatic heterocycles. The van der Waals surface area contributed by atoms with Gasteiger partial charge in [0, 0.05) is 32.1 Å². The highest BCUT2D eigenvalue weighted by atomic mass is 16.5. The summed E-state index contributed by atoms with van der Waals surface area (Å²) in [6.45, 7) is 6.05. The van der Waals surface area contributed by atoms with Crippen LogP contribution in [0, 0.1) is 5.92 Å². The third-order valence-corrected chi connectivity index (χ3v) is 4.24. The van der Waals surface area contributed by atoms with Crippen molar-refractivity contribution in [3.05, 3.63) is 36.0 Å². The average Bonchev–Trinajstić information content (AvgIpc) is 3.08. The smallest absolute Gasteiger partial charge is 0.272 e. The number of amides is 1. The fraction of sp³-hybridized carbons (Fsp3) is 0.611. The number of likely N-dealkylation sites (tertiary alicyclic amines) is 1. The average molecular weight is 359 g/mol. The molecular weight excluding hydrogens is 334 g/mol. The van der Waals surface area contributed by atoms with Crippen molar-refractivity contribution in [1.29, 1.82) is 0 Å². The number of hydrogen-bond donors (Lipinski definition) is 0. The molecule has 8 heteroatoms. The van der Waals surface area contributed by atoms with E-state index in [0.29, 0.717) is 42.9 Å². The third kappa shape index (κ3) is 5.08. The molecule has 3 heterocycles. The molecule has 1 saturated heterocycles. The Morgan fingerprint density at radius 1 is 1.46 bits per heavy atom. The van der Waals surface area contributed by atoms with Crippen LogP contribution in [-0.2, 0) is 17.6 Å². The zero-order valence-corrected chi connectivity index (χ0v) is 15.3. The van der Waals surface area contributed by atoms with Crippen LogP contribution in [0.5, 0.6) is 0 Å². The summed E-state index contributed by atoms with van der Waals surface area (Å²) in [6.07, 6.45) is 6.26. The van der Waals surface area contributed by atoms with Crippen molar-refractivity contribution in [1.82, 2.24) is 25.0 Å². The molecule has 0 radical (unpaired) electrons. The van der Waals surface area contributed by atoms with Gasteiger partial charge in [-0.3, -0.25) is 4.79 Å². The van der Waals surface area contributed by atoms with Gasteiger partial charge in [0.25, 0.3) is 5.91 Å². The van der Waals surface area contributed by atoms with Crippen LogP contribution in [0.2, 0.25) is 0 Å². The van der Waals surface area contributed by atoms with Gasteiger partial charge in [0.05, 0.1) is 12.7 Å². The van der Waals surface area contributed by atoms with Gasteiger partial charge in [-0.2, -0.15) is 4.98 Å². The Bertz CT molecular complexity index is 704. The summed E-state index contributed by atoms with van der Waals surface area (Å²) in [7, 11) is 0. The molecule has 0 saturated carbocycles. The van der Waals surface area contributed by atoms with Crippen molar-refractivity contribution < 1.29 is 14.1 Å². The first-order valence-electron chi connectivity index (χ1n) is 9.10. The molecule has 26 heavy (non-hydrogen) atoms. The largest absolute Gasteiger partial charge is 0.376 e. The van der Waals surface area contributed by atoms with Crippen molar-refractivity contribution in [2.24, 2.45) is 5.92 Å². The van der Waals surface area contributed by atoms with Crippen molar-refractivity contribution in [2.75, 3.05) is 19.7 Å². The fourth-order valence-corrected chi connectivity index (χ4v) is 2.98. The Kier molecular flexibility index (Phi) is 6.27.